The largest absolute Gasteiger partial charge is 0.394 e. The molecule has 3 heterocycles. The normalized spacial score (nSPS) is 22.5. The molecule has 2 fully saturated rings. The third kappa shape index (κ3) is 4.18. The molecule has 2 aliphatic rings. The molecule has 0 spiro atoms. The van der Waals surface area contributed by atoms with Gasteiger partial charge in [0.2, 0.25) is 5.91 Å². The summed E-state index contributed by atoms with van der Waals surface area (Å²) in [6.07, 6.45) is 3.13. The van der Waals surface area contributed by atoms with E-state index in [1.165, 1.54) is 6.20 Å². The third-order valence-corrected chi connectivity index (χ3v) is 5.87. The Bertz CT molecular complexity index is 1010. The molecule has 1 aromatic carbocycles. The number of hydrogen-bond donors (Lipinski definition) is 1. The maximum atomic E-state index is 12.9. The van der Waals surface area contributed by atoms with E-state index in [2.05, 4.69) is 16.8 Å². The summed E-state index contributed by atoms with van der Waals surface area (Å²) in [6, 6.07) is 11.0. The molecule has 1 aromatic heterocycles. The van der Waals surface area contributed by atoms with Crippen LogP contribution in [0.5, 0.6) is 0 Å². The Labute approximate surface area is 182 Å². The molecule has 31 heavy (non-hydrogen) atoms. The number of pyridine rings is 1. The highest BCUT2D eigenvalue weighted by molar-refractivity contribution is 5.97. The minimum absolute atomic E-state index is 0.0217. The van der Waals surface area contributed by atoms with Gasteiger partial charge in [-0.3, -0.25) is 19.5 Å². The molecular weight excluding hydrogens is 392 g/mol. The van der Waals surface area contributed by atoms with Crippen molar-refractivity contribution in [1.29, 1.82) is 0 Å². The summed E-state index contributed by atoms with van der Waals surface area (Å²) in [5.41, 5.74) is 2.44. The van der Waals surface area contributed by atoms with Crippen molar-refractivity contribution in [2.75, 3.05) is 40.3 Å². The van der Waals surface area contributed by atoms with E-state index >= 15 is 0 Å². The van der Waals surface area contributed by atoms with Gasteiger partial charge in [0.25, 0.3) is 5.91 Å². The Balaban J connectivity index is 1.52. The zero-order valence-electron chi connectivity index (χ0n) is 17.7. The van der Waals surface area contributed by atoms with Gasteiger partial charge >= 0.3 is 0 Å². The first-order chi connectivity index (χ1) is 15.0. The molecule has 7 nitrogen and oxygen atoms in total. The zero-order chi connectivity index (χ0) is 22.0. The molecule has 0 radical (unpaired) electrons. The van der Waals surface area contributed by atoms with Gasteiger partial charge in [-0.15, -0.1) is 0 Å². The van der Waals surface area contributed by atoms with Crippen LogP contribution in [-0.4, -0.2) is 89.0 Å². The minimum Gasteiger partial charge on any atom is -0.394 e. The summed E-state index contributed by atoms with van der Waals surface area (Å²) in [7, 11) is 3.95. The second-order valence-corrected chi connectivity index (χ2v) is 8.23. The molecule has 7 heteroatoms. The number of piperazine rings is 1. The average molecular weight is 418 g/mol. The van der Waals surface area contributed by atoms with Gasteiger partial charge in [-0.1, -0.05) is 24.0 Å². The fourth-order valence-electron chi connectivity index (χ4n) is 4.41. The maximum Gasteiger partial charge on any atom is 0.255 e. The van der Waals surface area contributed by atoms with E-state index in [0.29, 0.717) is 18.7 Å². The fraction of sp³-hybridized carbons (Fsp3) is 0.375. The Morgan fingerprint density at radius 3 is 2.68 bits per heavy atom. The van der Waals surface area contributed by atoms with Gasteiger partial charge in [-0.05, 0) is 43.9 Å². The smallest absolute Gasteiger partial charge is 0.255 e. The summed E-state index contributed by atoms with van der Waals surface area (Å²) in [5.74, 6) is 5.91. The van der Waals surface area contributed by atoms with Gasteiger partial charge in [0.1, 0.15) is 6.54 Å². The van der Waals surface area contributed by atoms with Gasteiger partial charge in [0.15, 0.2) is 0 Å². The predicted molar refractivity (Wildman–Crippen MR) is 116 cm³/mol. The molecule has 0 saturated carbocycles. The summed E-state index contributed by atoms with van der Waals surface area (Å²) in [5, 5.41) is 9.94. The number of aromatic nitrogens is 1. The molecule has 3 atom stereocenters. The number of nitrogens with zero attached hydrogens (tertiary/aromatic N) is 4. The number of rotatable bonds is 4. The Morgan fingerprint density at radius 1 is 1.26 bits per heavy atom. The van der Waals surface area contributed by atoms with Gasteiger partial charge < -0.3 is 14.9 Å². The molecule has 160 valence electrons. The van der Waals surface area contributed by atoms with Crippen molar-refractivity contribution >= 4 is 11.8 Å². The number of aliphatic hydroxyl groups excluding tert-OH is 1. The van der Waals surface area contributed by atoms with Crippen molar-refractivity contribution in [3.8, 4) is 11.8 Å². The van der Waals surface area contributed by atoms with Crippen molar-refractivity contribution in [3.63, 3.8) is 0 Å². The summed E-state index contributed by atoms with van der Waals surface area (Å²) >= 11 is 0. The standard InChI is InChI=1S/C24H26N4O3/c1-26(2)12-4-5-17-7-9-18(10-8-17)23-20-14-27(15-22(30)28(20)21(23)16-29)24(31)19-6-3-11-25-13-19/h3,6-11,13,20-21,23,29H,12,14-16H2,1-2H3/t20-,21+,23+/m1/s1. The highest BCUT2D eigenvalue weighted by atomic mass is 16.3. The second kappa shape index (κ2) is 8.88. The number of hydrogen-bond acceptors (Lipinski definition) is 5. The average Bonchev–Trinajstić information content (AvgIpc) is 2.76. The van der Waals surface area contributed by atoms with Crippen LogP contribution < -0.4 is 0 Å². The van der Waals surface area contributed by atoms with Crippen molar-refractivity contribution in [2.24, 2.45) is 0 Å². The van der Waals surface area contributed by atoms with Crippen molar-refractivity contribution in [2.45, 2.75) is 18.0 Å². The van der Waals surface area contributed by atoms with E-state index in [1.807, 2.05) is 43.3 Å². The van der Waals surface area contributed by atoms with Crippen LogP contribution in [0.25, 0.3) is 0 Å². The molecule has 2 aliphatic heterocycles. The molecule has 1 N–H and O–H groups in total. The van der Waals surface area contributed by atoms with Crippen LogP contribution in [0.3, 0.4) is 0 Å². The summed E-state index contributed by atoms with van der Waals surface area (Å²) in [6.45, 7) is 1.05. The Kier molecular flexibility index (Phi) is 6.03. The number of carbonyl (C=O) groups excluding carboxylic acids is 2. The third-order valence-electron chi connectivity index (χ3n) is 5.87. The number of carbonyl (C=O) groups is 2. The van der Waals surface area contributed by atoms with Crippen LogP contribution in [0.1, 0.15) is 27.4 Å². The first-order valence-electron chi connectivity index (χ1n) is 10.3. The molecule has 2 aromatic rings. The lowest BCUT2D eigenvalue weighted by Gasteiger charge is -2.58. The number of aliphatic hydroxyl groups is 1. The lowest BCUT2D eigenvalue weighted by molar-refractivity contribution is -0.159. The molecule has 0 bridgehead atoms. The topological polar surface area (TPSA) is 77.0 Å². The predicted octanol–water partition coefficient (Wildman–Crippen LogP) is 0.806. The van der Waals surface area contributed by atoms with Crippen LogP contribution >= 0.6 is 0 Å². The van der Waals surface area contributed by atoms with E-state index in [4.69, 9.17) is 0 Å². The lowest BCUT2D eigenvalue weighted by Crippen LogP contribution is -2.73. The zero-order valence-corrected chi connectivity index (χ0v) is 17.7. The van der Waals surface area contributed by atoms with Gasteiger partial charge in [-0.25, -0.2) is 0 Å². The van der Waals surface area contributed by atoms with Crippen LogP contribution in [0.2, 0.25) is 0 Å². The molecule has 0 aliphatic carbocycles. The highest BCUT2D eigenvalue weighted by Crippen LogP contribution is 2.43. The lowest BCUT2D eigenvalue weighted by atomic mass is 9.73. The van der Waals surface area contributed by atoms with E-state index in [0.717, 1.165) is 11.1 Å². The highest BCUT2D eigenvalue weighted by Gasteiger charge is 2.54. The second-order valence-electron chi connectivity index (χ2n) is 8.23. The van der Waals surface area contributed by atoms with Gasteiger partial charge in [0.05, 0.1) is 30.8 Å². The molecule has 4 rings (SSSR count). The minimum atomic E-state index is -0.265. The number of amides is 2. The molecule has 0 unspecified atom stereocenters. The molecular formula is C24H26N4O3. The van der Waals surface area contributed by atoms with E-state index < -0.39 is 0 Å². The number of fused-ring (bicyclic) bond motifs is 1. The fourth-order valence-corrected chi connectivity index (χ4v) is 4.41. The van der Waals surface area contributed by atoms with Crippen molar-refractivity contribution in [3.05, 3.63) is 65.5 Å². The monoisotopic (exact) mass is 418 g/mol. The Morgan fingerprint density at radius 2 is 2.03 bits per heavy atom. The van der Waals surface area contributed by atoms with Crippen LogP contribution in [-0.2, 0) is 4.79 Å². The first kappa shape index (κ1) is 21.0. The van der Waals surface area contributed by atoms with Crippen LogP contribution in [0.4, 0.5) is 0 Å². The van der Waals surface area contributed by atoms with Crippen LogP contribution in [0.15, 0.2) is 48.8 Å². The SMILES string of the molecule is CN(C)CC#Cc1ccc([C@H]2[C@H]3CN(C(=O)c4cccnc4)CC(=O)N3[C@H]2CO)cc1. The summed E-state index contributed by atoms with van der Waals surface area (Å²) in [4.78, 5) is 35.0. The van der Waals surface area contributed by atoms with Crippen molar-refractivity contribution < 1.29 is 14.7 Å². The van der Waals surface area contributed by atoms with Gasteiger partial charge in [-0.2, -0.15) is 0 Å². The van der Waals surface area contributed by atoms with E-state index in [-0.39, 0.29) is 43.0 Å². The quantitative estimate of drug-likeness (QED) is 0.744. The van der Waals surface area contributed by atoms with Crippen LogP contribution in [0, 0.1) is 11.8 Å². The first-order valence-corrected chi connectivity index (χ1v) is 10.3. The van der Waals surface area contributed by atoms with Gasteiger partial charge in [0, 0.05) is 30.4 Å². The maximum absolute atomic E-state index is 12.9. The van der Waals surface area contributed by atoms with E-state index in [1.54, 1.807) is 28.1 Å². The molecule has 2 saturated heterocycles. The molecule has 2 amide bonds. The van der Waals surface area contributed by atoms with E-state index in [9.17, 15) is 14.7 Å². The number of benzene rings is 1. The summed E-state index contributed by atoms with van der Waals surface area (Å²) < 4.78 is 0. The Hall–Kier alpha value is -3.21. The van der Waals surface area contributed by atoms with Crippen molar-refractivity contribution in [1.82, 2.24) is 19.7 Å².